The van der Waals surface area contributed by atoms with Gasteiger partial charge in [0.1, 0.15) is 5.54 Å². The molecule has 6 heteroatoms. The van der Waals surface area contributed by atoms with Crippen LogP contribution in [0.25, 0.3) is 0 Å². The quantitative estimate of drug-likeness (QED) is 0.737. The molecule has 0 aromatic rings. The number of amides is 4. The molecule has 0 spiro atoms. The molecule has 0 radical (unpaired) electrons. The molecule has 0 aromatic heterocycles. The Kier molecular flexibility index (Phi) is 3.00. The van der Waals surface area contributed by atoms with Crippen LogP contribution in [-0.2, 0) is 9.59 Å². The fourth-order valence-electron chi connectivity index (χ4n) is 4.55. The number of nitrogens with zero attached hydrogens (tertiary/aromatic N) is 3. The van der Waals surface area contributed by atoms with E-state index >= 15 is 0 Å². The smallest absolute Gasteiger partial charge is 0.328 e. The average molecular weight is 305 g/mol. The van der Waals surface area contributed by atoms with E-state index in [1.165, 1.54) is 4.90 Å². The largest absolute Gasteiger partial charge is 0.338 e. The summed E-state index contributed by atoms with van der Waals surface area (Å²) in [6.45, 7) is 3.27. The van der Waals surface area contributed by atoms with Gasteiger partial charge in [0.15, 0.2) is 0 Å². The van der Waals surface area contributed by atoms with Gasteiger partial charge in [0.05, 0.1) is 6.04 Å². The molecule has 1 saturated carbocycles. The molecule has 4 rings (SSSR count). The van der Waals surface area contributed by atoms with Crippen LogP contribution in [0.5, 0.6) is 0 Å². The van der Waals surface area contributed by atoms with E-state index < -0.39 is 5.54 Å². The van der Waals surface area contributed by atoms with E-state index in [0.29, 0.717) is 25.6 Å². The minimum atomic E-state index is -0.609. The van der Waals surface area contributed by atoms with E-state index in [1.54, 1.807) is 4.90 Å². The van der Waals surface area contributed by atoms with Crippen molar-refractivity contribution in [2.45, 2.75) is 69.5 Å². The fraction of sp³-hybridized carbons (Fsp3) is 0.812. The normalized spacial score (nSPS) is 35.0. The molecule has 4 amide bonds. The summed E-state index contributed by atoms with van der Waals surface area (Å²) in [5.74, 6) is 0.0528. The van der Waals surface area contributed by atoms with Crippen LogP contribution < -0.4 is 0 Å². The molecule has 6 nitrogen and oxygen atoms in total. The van der Waals surface area contributed by atoms with Gasteiger partial charge in [-0.25, -0.2) is 4.79 Å². The third kappa shape index (κ3) is 1.75. The number of rotatable bonds is 4. The van der Waals surface area contributed by atoms with Crippen molar-refractivity contribution in [2.75, 3.05) is 13.1 Å². The number of fused-ring (bicyclic) bond motifs is 1. The highest BCUT2D eigenvalue weighted by molar-refractivity contribution is 6.08. The maximum absolute atomic E-state index is 13.0. The SMILES string of the molecule is CCC[C@]12CCCN1C(=O)N([C@@H]1CC(=O)N(C3CC3)C1)C2=O. The topological polar surface area (TPSA) is 60.9 Å². The summed E-state index contributed by atoms with van der Waals surface area (Å²) in [4.78, 5) is 43.0. The number of carbonyl (C=O) groups is 3. The summed E-state index contributed by atoms with van der Waals surface area (Å²) >= 11 is 0. The van der Waals surface area contributed by atoms with Crippen molar-refractivity contribution >= 4 is 17.8 Å². The first-order valence-electron chi connectivity index (χ1n) is 8.53. The van der Waals surface area contributed by atoms with Crippen LogP contribution in [0, 0.1) is 0 Å². The van der Waals surface area contributed by atoms with Crippen molar-refractivity contribution in [1.82, 2.24) is 14.7 Å². The number of imide groups is 1. The summed E-state index contributed by atoms with van der Waals surface area (Å²) in [6.07, 6.45) is 5.74. The number of likely N-dealkylation sites (tertiary alicyclic amines) is 1. The van der Waals surface area contributed by atoms with Crippen molar-refractivity contribution in [3.05, 3.63) is 0 Å². The number of carbonyl (C=O) groups excluding carboxylic acids is 3. The zero-order chi connectivity index (χ0) is 15.5. The Bertz CT molecular complexity index is 545. The number of hydrogen-bond acceptors (Lipinski definition) is 3. The highest BCUT2D eigenvalue weighted by Gasteiger charge is 2.61. The molecule has 3 heterocycles. The molecule has 3 aliphatic heterocycles. The fourth-order valence-corrected chi connectivity index (χ4v) is 4.55. The molecule has 0 N–H and O–H groups in total. The lowest BCUT2D eigenvalue weighted by Gasteiger charge is -2.27. The first-order chi connectivity index (χ1) is 10.6. The van der Waals surface area contributed by atoms with Gasteiger partial charge in [-0.1, -0.05) is 13.3 Å². The zero-order valence-corrected chi connectivity index (χ0v) is 13.1. The lowest BCUT2D eigenvalue weighted by molar-refractivity contribution is -0.134. The summed E-state index contributed by atoms with van der Waals surface area (Å²) in [6, 6.07) is -0.0615. The molecule has 0 aromatic carbocycles. The van der Waals surface area contributed by atoms with E-state index in [4.69, 9.17) is 0 Å². The molecule has 120 valence electrons. The molecule has 0 bridgehead atoms. The van der Waals surface area contributed by atoms with Gasteiger partial charge < -0.3 is 9.80 Å². The van der Waals surface area contributed by atoms with Crippen LogP contribution in [0.3, 0.4) is 0 Å². The maximum atomic E-state index is 13.0. The number of urea groups is 1. The van der Waals surface area contributed by atoms with Gasteiger partial charge in [0, 0.05) is 25.6 Å². The van der Waals surface area contributed by atoms with Crippen LogP contribution in [-0.4, -0.2) is 63.3 Å². The Hall–Kier alpha value is -1.59. The maximum Gasteiger partial charge on any atom is 0.328 e. The van der Waals surface area contributed by atoms with Crippen molar-refractivity contribution < 1.29 is 14.4 Å². The van der Waals surface area contributed by atoms with Crippen LogP contribution >= 0.6 is 0 Å². The molecule has 1 aliphatic carbocycles. The van der Waals surface area contributed by atoms with Crippen molar-refractivity contribution in [3.8, 4) is 0 Å². The minimum Gasteiger partial charge on any atom is -0.338 e. The Balaban J connectivity index is 1.59. The van der Waals surface area contributed by atoms with E-state index in [-0.39, 0.29) is 23.9 Å². The number of hydrogen-bond donors (Lipinski definition) is 0. The van der Waals surface area contributed by atoms with Crippen molar-refractivity contribution in [1.29, 1.82) is 0 Å². The summed E-state index contributed by atoms with van der Waals surface area (Å²) < 4.78 is 0. The minimum absolute atomic E-state index is 0.0488. The standard InChI is InChI=1S/C16H23N3O3/c1-2-6-16-7-3-8-18(16)15(22)19(14(16)21)12-9-13(20)17(10-12)11-4-5-11/h11-12H,2-10H2,1H3/t12-,16-/m1/s1. The molecule has 4 fully saturated rings. The molecule has 2 atom stereocenters. The first kappa shape index (κ1) is 14.0. The Morgan fingerprint density at radius 1 is 1.18 bits per heavy atom. The van der Waals surface area contributed by atoms with Gasteiger partial charge >= 0.3 is 6.03 Å². The Morgan fingerprint density at radius 3 is 2.64 bits per heavy atom. The molecule has 3 saturated heterocycles. The second-order valence-corrected chi connectivity index (χ2v) is 7.13. The average Bonchev–Trinajstić information content (AvgIpc) is 3.07. The highest BCUT2D eigenvalue weighted by Crippen LogP contribution is 2.43. The van der Waals surface area contributed by atoms with Crippen molar-refractivity contribution in [2.24, 2.45) is 0 Å². The van der Waals surface area contributed by atoms with Gasteiger partial charge in [-0.15, -0.1) is 0 Å². The van der Waals surface area contributed by atoms with Gasteiger partial charge in [0.25, 0.3) is 5.91 Å². The van der Waals surface area contributed by atoms with Gasteiger partial charge in [-0.2, -0.15) is 0 Å². The van der Waals surface area contributed by atoms with Gasteiger partial charge in [0.2, 0.25) is 5.91 Å². The lowest BCUT2D eigenvalue weighted by atomic mass is 9.90. The monoisotopic (exact) mass is 305 g/mol. The first-order valence-corrected chi connectivity index (χ1v) is 8.53. The van der Waals surface area contributed by atoms with Gasteiger partial charge in [-0.05, 0) is 32.1 Å². The van der Waals surface area contributed by atoms with Crippen LogP contribution in [0.1, 0.15) is 51.9 Å². The van der Waals surface area contributed by atoms with Gasteiger partial charge in [-0.3, -0.25) is 14.5 Å². The third-order valence-corrected chi connectivity index (χ3v) is 5.70. The van der Waals surface area contributed by atoms with E-state index in [9.17, 15) is 14.4 Å². The predicted molar refractivity (Wildman–Crippen MR) is 79.0 cm³/mol. The van der Waals surface area contributed by atoms with Crippen LogP contribution in [0.4, 0.5) is 4.79 Å². The van der Waals surface area contributed by atoms with E-state index in [0.717, 1.165) is 38.5 Å². The van der Waals surface area contributed by atoms with Crippen molar-refractivity contribution in [3.63, 3.8) is 0 Å². The highest BCUT2D eigenvalue weighted by atomic mass is 16.2. The summed E-state index contributed by atoms with van der Waals surface area (Å²) in [5, 5.41) is 0. The molecular weight excluding hydrogens is 282 g/mol. The second-order valence-electron chi connectivity index (χ2n) is 7.13. The molecule has 22 heavy (non-hydrogen) atoms. The molecule has 0 unspecified atom stereocenters. The van der Waals surface area contributed by atoms with E-state index in [1.807, 2.05) is 4.90 Å². The Labute approximate surface area is 130 Å². The predicted octanol–water partition coefficient (Wildman–Crippen LogP) is 1.35. The second kappa shape index (κ2) is 4.70. The Morgan fingerprint density at radius 2 is 1.95 bits per heavy atom. The van der Waals surface area contributed by atoms with Crippen LogP contribution in [0.2, 0.25) is 0 Å². The molecule has 4 aliphatic rings. The third-order valence-electron chi connectivity index (χ3n) is 5.70. The van der Waals surface area contributed by atoms with Crippen LogP contribution in [0.15, 0.2) is 0 Å². The zero-order valence-electron chi connectivity index (χ0n) is 13.1. The van der Waals surface area contributed by atoms with E-state index in [2.05, 4.69) is 6.92 Å². The molecular formula is C16H23N3O3. The summed E-state index contributed by atoms with van der Waals surface area (Å²) in [7, 11) is 0. The summed E-state index contributed by atoms with van der Waals surface area (Å²) in [5.41, 5.74) is -0.609. The lowest BCUT2D eigenvalue weighted by Crippen LogP contribution is -2.46.